The molecule has 226 valence electrons. The molecule has 0 radical (unpaired) electrons. The number of H-pyrrole nitrogens is 1. The zero-order valence-electron chi connectivity index (χ0n) is 23.0. The zero-order chi connectivity index (χ0) is 30.6. The lowest BCUT2D eigenvalue weighted by atomic mass is 9.92. The molecule has 0 saturated carbocycles. The van der Waals surface area contributed by atoms with E-state index in [0.717, 1.165) is 11.1 Å². The molecule has 5 rings (SSSR count). The summed E-state index contributed by atoms with van der Waals surface area (Å²) in [5, 5.41) is 10.5. The minimum Gasteiger partial charge on any atom is -0.402 e. The van der Waals surface area contributed by atoms with E-state index >= 15 is 0 Å². The summed E-state index contributed by atoms with van der Waals surface area (Å²) in [7, 11) is -4.51. The van der Waals surface area contributed by atoms with Crippen molar-refractivity contribution in [3.8, 4) is 5.75 Å². The molecule has 43 heavy (non-hydrogen) atoms. The van der Waals surface area contributed by atoms with Crippen LogP contribution in [0.15, 0.2) is 94.6 Å². The van der Waals surface area contributed by atoms with Gasteiger partial charge in [0.25, 0.3) is 5.56 Å². The Balaban J connectivity index is 1.46. The third-order valence-electron chi connectivity index (χ3n) is 6.99. The number of phosphoric acid groups is 1. The molecule has 1 aliphatic heterocycles. The highest BCUT2D eigenvalue weighted by molar-refractivity contribution is 7.49. The minimum atomic E-state index is -4.51. The molecule has 1 aliphatic rings. The summed E-state index contributed by atoms with van der Waals surface area (Å²) in [6.45, 7) is 0.914. The van der Waals surface area contributed by atoms with Crippen LogP contribution < -0.4 is 15.8 Å². The van der Waals surface area contributed by atoms with Crippen LogP contribution in [0.4, 0.5) is 0 Å². The number of aryl methyl sites for hydroxylation is 1. The number of nitrogens with one attached hydrogen (secondary N) is 1. The Morgan fingerprint density at radius 1 is 1.05 bits per heavy atom. The normalized spacial score (nSPS) is 19.8. The molecule has 4 atom stereocenters. The second-order valence-electron chi connectivity index (χ2n) is 9.95. The number of aliphatic hydroxyl groups is 1. The van der Waals surface area contributed by atoms with E-state index in [1.54, 1.807) is 13.0 Å². The number of hydrogen-bond acceptors (Lipinski definition) is 8. The third-order valence-corrected chi connectivity index (χ3v) is 8.95. The molecule has 0 amide bonds. The Bertz CT molecular complexity index is 1680. The van der Waals surface area contributed by atoms with Gasteiger partial charge in [-0.1, -0.05) is 83.9 Å². The minimum absolute atomic E-state index is 0.0165. The van der Waals surface area contributed by atoms with Crippen LogP contribution in [0.2, 0.25) is 10.0 Å². The highest BCUT2D eigenvalue weighted by Gasteiger charge is 2.44. The average molecular weight is 647 g/mol. The number of ether oxygens (including phenoxy) is 1. The molecule has 3 aromatic carbocycles. The highest BCUT2D eigenvalue weighted by atomic mass is 35.5. The number of hydrogen-bond donors (Lipinski definition) is 2. The number of rotatable bonds is 11. The Kier molecular flexibility index (Phi) is 9.88. The Hall–Kier alpha value is -3.21. The molecule has 1 saturated heterocycles. The van der Waals surface area contributed by atoms with Gasteiger partial charge in [-0.3, -0.25) is 23.4 Å². The van der Waals surface area contributed by atoms with E-state index in [1.165, 1.54) is 22.9 Å². The zero-order valence-corrected chi connectivity index (χ0v) is 25.4. The molecule has 1 fully saturated rings. The molecule has 0 aliphatic carbocycles. The highest BCUT2D eigenvalue weighted by Crippen LogP contribution is 2.55. The maximum Gasteiger partial charge on any atom is 0.530 e. The molecule has 2 heterocycles. The molecule has 0 spiro atoms. The van der Waals surface area contributed by atoms with Crippen molar-refractivity contribution >= 4 is 31.0 Å². The Morgan fingerprint density at radius 3 is 2.33 bits per heavy atom. The second kappa shape index (κ2) is 13.6. The predicted octanol–water partition coefficient (Wildman–Crippen LogP) is 5.85. The average Bonchev–Trinajstić information content (AvgIpc) is 3.40. The van der Waals surface area contributed by atoms with Gasteiger partial charge in [-0.05, 0) is 30.2 Å². The van der Waals surface area contributed by atoms with Crippen molar-refractivity contribution in [3.05, 3.63) is 133 Å². The van der Waals surface area contributed by atoms with Crippen molar-refractivity contribution in [3.63, 3.8) is 0 Å². The standard InChI is InChI=1S/C30H29Cl2N2O8P/c1-19-16-34(30(37)33-29(19)36)28-15-26(27(17-35)40-28)42-43(38,41-25-14-22(31)12-13-24(25)32)39-18-23(20-8-4-2-5-9-20)21-10-6-3-7-11-21/h2-14,16,23,26-28,35H,15,17-18H2,1H3,(H,33,36,37)/t26-,27+,28+,43?/m0/s1. The predicted molar refractivity (Wildman–Crippen MR) is 162 cm³/mol. The van der Waals surface area contributed by atoms with Crippen molar-refractivity contribution in [2.24, 2.45) is 0 Å². The van der Waals surface area contributed by atoms with E-state index in [-0.39, 0.29) is 40.3 Å². The topological polar surface area (TPSA) is 129 Å². The van der Waals surface area contributed by atoms with Crippen LogP contribution in [0.1, 0.15) is 35.3 Å². The van der Waals surface area contributed by atoms with E-state index in [9.17, 15) is 19.3 Å². The number of nitrogens with zero attached hydrogens (tertiary/aromatic N) is 1. The van der Waals surface area contributed by atoms with Gasteiger partial charge in [0.1, 0.15) is 18.4 Å². The third kappa shape index (κ3) is 7.48. The van der Waals surface area contributed by atoms with Crippen LogP contribution in [0.3, 0.4) is 0 Å². The van der Waals surface area contributed by atoms with Crippen molar-refractivity contribution in [1.29, 1.82) is 0 Å². The molecular weight excluding hydrogens is 618 g/mol. The van der Waals surface area contributed by atoms with E-state index in [1.807, 2.05) is 60.7 Å². The molecule has 13 heteroatoms. The summed E-state index contributed by atoms with van der Waals surface area (Å²) in [6, 6.07) is 23.5. The SMILES string of the molecule is Cc1cn([C@H]2C[C@H](OP(=O)(OCC(c3ccccc3)c3ccccc3)Oc3cc(Cl)ccc3Cl)[C@@H](CO)O2)c(=O)[nH]c1=O. The summed E-state index contributed by atoms with van der Waals surface area (Å²) in [4.78, 5) is 26.6. The van der Waals surface area contributed by atoms with Crippen molar-refractivity contribution in [1.82, 2.24) is 9.55 Å². The van der Waals surface area contributed by atoms with Crippen LogP contribution in [0.25, 0.3) is 0 Å². The number of aromatic amines is 1. The van der Waals surface area contributed by atoms with Crippen molar-refractivity contribution in [2.45, 2.75) is 37.7 Å². The lowest BCUT2D eigenvalue weighted by Gasteiger charge is -2.26. The molecule has 2 N–H and O–H groups in total. The lowest BCUT2D eigenvalue weighted by molar-refractivity contribution is -0.0461. The maximum absolute atomic E-state index is 14.4. The largest absolute Gasteiger partial charge is 0.530 e. The fourth-order valence-electron chi connectivity index (χ4n) is 4.78. The fraction of sp³-hybridized carbons (Fsp3) is 0.267. The van der Waals surface area contributed by atoms with Gasteiger partial charge >= 0.3 is 13.5 Å². The Labute approximate surface area is 257 Å². The quantitative estimate of drug-likeness (QED) is 0.194. The second-order valence-corrected chi connectivity index (χ2v) is 12.3. The van der Waals surface area contributed by atoms with Gasteiger partial charge in [0, 0.05) is 35.2 Å². The monoisotopic (exact) mass is 646 g/mol. The first-order valence-corrected chi connectivity index (χ1v) is 15.6. The van der Waals surface area contributed by atoms with Gasteiger partial charge in [0.2, 0.25) is 0 Å². The lowest BCUT2D eigenvalue weighted by Crippen LogP contribution is -2.33. The summed E-state index contributed by atoms with van der Waals surface area (Å²) in [5.41, 5.74) is 0.876. The smallest absolute Gasteiger partial charge is 0.402 e. The van der Waals surface area contributed by atoms with E-state index in [2.05, 4.69) is 4.98 Å². The molecule has 10 nitrogen and oxygen atoms in total. The van der Waals surface area contributed by atoms with Crippen molar-refractivity contribution < 1.29 is 28.0 Å². The van der Waals surface area contributed by atoms with Gasteiger partial charge in [-0.15, -0.1) is 0 Å². The number of benzene rings is 3. The molecule has 1 unspecified atom stereocenters. The van der Waals surface area contributed by atoms with Gasteiger partial charge in [0.15, 0.2) is 5.75 Å². The number of aliphatic hydroxyl groups excluding tert-OH is 1. The van der Waals surface area contributed by atoms with Gasteiger partial charge in [-0.25, -0.2) is 9.36 Å². The van der Waals surface area contributed by atoms with E-state index in [4.69, 9.17) is 41.5 Å². The maximum atomic E-state index is 14.4. The molecular formula is C30H29Cl2N2O8P. The van der Waals surface area contributed by atoms with Crippen LogP contribution in [-0.4, -0.2) is 40.1 Å². The van der Waals surface area contributed by atoms with Crippen LogP contribution in [0.5, 0.6) is 5.75 Å². The van der Waals surface area contributed by atoms with Crippen LogP contribution in [-0.2, 0) is 18.3 Å². The van der Waals surface area contributed by atoms with Gasteiger partial charge in [-0.2, -0.15) is 0 Å². The first kappa shape index (κ1) is 31.2. The molecule has 4 aromatic rings. The first-order valence-electron chi connectivity index (χ1n) is 13.4. The first-order chi connectivity index (χ1) is 20.7. The summed E-state index contributed by atoms with van der Waals surface area (Å²) >= 11 is 12.5. The summed E-state index contributed by atoms with van der Waals surface area (Å²) < 4.78 is 39.3. The van der Waals surface area contributed by atoms with Crippen LogP contribution >= 0.6 is 31.0 Å². The number of halogens is 2. The molecule has 0 bridgehead atoms. The Morgan fingerprint density at radius 2 is 1.70 bits per heavy atom. The number of aromatic nitrogens is 2. The van der Waals surface area contributed by atoms with Gasteiger partial charge < -0.3 is 14.4 Å². The number of phosphoric ester groups is 1. The van der Waals surface area contributed by atoms with Gasteiger partial charge in [0.05, 0.1) is 18.2 Å². The van der Waals surface area contributed by atoms with E-state index < -0.39 is 44.1 Å². The van der Waals surface area contributed by atoms with E-state index in [0.29, 0.717) is 0 Å². The summed E-state index contributed by atoms with van der Waals surface area (Å²) in [5.74, 6) is -0.376. The molecule has 1 aromatic heterocycles. The fourth-order valence-corrected chi connectivity index (χ4v) is 6.58. The summed E-state index contributed by atoms with van der Waals surface area (Å²) in [6.07, 6.45) is -1.64. The van der Waals surface area contributed by atoms with Crippen molar-refractivity contribution in [2.75, 3.05) is 13.2 Å². The van der Waals surface area contributed by atoms with Crippen LogP contribution in [0, 0.1) is 6.92 Å².